The summed E-state index contributed by atoms with van der Waals surface area (Å²) in [5.41, 5.74) is 3.10. The van der Waals surface area contributed by atoms with Crippen LogP contribution in [-0.4, -0.2) is 84.8 Å². The molecule has 0 spiro atoms. The number of aryl methyl sites for hydroxylation is 1. The molecule has 2 heterocycles. The van der Waals surface area contributed by atoms with Crippen molar-refractivity contribution in [3.05, 3.63) is 64.8 Å². The number of hydrogen-bond acceptors (Lipinski definition) is 8. The van der Waals surface area contributed by atoms with Gasteiger partial charge in [0, 0.05) is 49.6 Å². The highest BCUT2D eigenvalue weighted by Crippen LogP contribution is 2.38. The molecule has 1 fully saturated rings. The molecule has 1 aliphatic heterocycles. The van der Waals surface area contributed by atoms with Gasteiger partial charge in [-0.2, -0.15) is 0 Å². The summed E-state index contributed by atoms with van der Waals surface area (Å²) in [6.45, 7) is 6.85. The molecule has 0 saturated carbocycles. The summed E-state index contributed by atoms with van der Waals surface area (Å²) in [6, 6.07) is 11.3. The summed E-state index contributed by atoms with van der Waals surface area (Å²) >= 11 is 2.88. The summed E-state index contributed by atoms with van der Waals surface area (Å²) < 4.78 is 6.48. The zero-order valence-electron chi connectivity index (χ0n) is 24.2. The lowest BCUT2D eigenvalue weighted by Gasteiger charge is -2.23. The van der Waals surface area contributed by atoms with Gasteiger partial charge in [-0.1, -0.05) is 42.2 Å². The van der Waals surface area contributed by atoms with Crippen molar-refractivity contribution in [2.45, 2.75) is 42.3 Å². The summed E-state index contributed by atoms with van der Waals surface area (Å²) in [6.07, 6.45) is 2.93. The van der Waals surface area contributed by atoms with Gasteiger partial charge in [-0.05, 0) is 62.8 Å². The fourth-order valence-corrected chi connectivity index (χ4v) is 6.63. The number of ether oxygens (including phenoxy) is 1. The van der Waals surface area contributed by atoms with Crippen LogP contribution in [0.4, 0.5) is 5.13 Å². The standard InChI is InChI=1S/C30H37N5O4S2/c1-6-26(36)34-11-8-12-35(14-13-34)29(38)23-17-25(20(2)15-24(23)39-5)40-27-18-31-30(41-27)32-28(37)22-10-7-9-21(16-22)19-33(3)4/h7,9-10,15-18H,6,8,11-14,19H2,1-5H3,(H,31,32,37). The van der Waals surface area contributed by atoms with Crippen LogP contribution in [0.25, 0.3) is 0 Å². The van der Waals surface area contributed by atoms with Gasteiger partial charge >= 0.3 is 0 Å². The number of carbonyl (C=O) groups excluding carboxylic acids is 3. The van der Waals surface area contributed by atoms with Gasteiger partial charge in [-0.3, -0.25) is 19.7 Å². The molecule has 4 rings (SSSR count). The van der Waals surface area contributed by atoms with Gasteiger partial charge in [0.05, 0.1) is 23.1 Å². The molecule has 0 atom stereocenters. The smallest absolute Gasteiger partial charge is 0.257 e. The van der Waals surface area contributed by atoms with Crippen LogP contribution >= 0.6 is 23.1 Å². The summed E-state index contributed by atoms with van der Waals surface area (Å²) in [7, 11) is 5.55. The minimum absolute atomic E-state index is 0.108. The van der Waals surface area contributed by atoms with Gasteiger partial charge in [0.2, 0.25) is 5.91 Å². The molecule has 1 N–H and O–H groups in total. The molecular formula is C30H37N5O4S2. The third kappa shape index (κ3) is 7.87. The van der Waals surface area contributed by atoms with Crippen LogP contribution in [0.1, 0.15) is 51.6 Å². The number of hydrogen-bond donors (Lipinski definition) is 1. The minimum Gasteiger partial charge on any atom is -0.496 e. The average molecular weight is 596 g/mol. The highest BCUT2D eigenvalue weighted by Gasteiger charge is 2.25. The van der Waals surface area contributed by atoms with E-state index in [0.717, 1.165) is 33.2 Å². The van der Waals surface area contributed by atoms with E-state index in [2.05, 4.69) is 15.2 Å². The first-order valence-electron chi connectivity index (χ1n) is 13.6. The van der Waals surface area contributed by atoms with E-state index in [1.54, 1.807) is 24.3 Å². The Morgan fingerprint density at radius 1 is 1.10 bits per heavy atom. The van der Waals surface area contributed by atoms with Gasteiger partial charge in [-0.15, -0.1) is 0 Å². The molecule has 9 nitrogen and oxygen atoms in total. The lowest BCUT2D eigenvalue weighted by molar-refractivity contribution is -0.130. The van der Waals surface area contributed by atoms with Crippen molar-refractivity contribution in [2.75, 3.05) is 52.7 Å². The third-order valence-electron chi connectivity index (χ3n) is 6.77. The number of methoxy groups -OCH3 is 1. The Hall–Kier alpha value is -3.41. The summed E-state index contributed by atoms with van der Waals surface area (Å²) in [5, 5.41) is 3.41. The van der Waals surface area contributed by atoms with Gasteiger partial charge in [0.25, 0.3) is 11.8 Å². The van der Waals surface area contributed by atoms with Gasteiger partial charge in [-0.25, -0.2) is 4.98 Å². The Kier molecular flexibility index (Phi) is 10.4. The maximum Gasteiger partial charge on any atom is 0.257 e. The number of amides is 3. The number of nitrogens with zero attached hydrogens (tertiary/aromatic N) is 4. The number of carbonyl (C=O) groups is 3. The van der Waals surface area contributed by atoms with Crippen LogP contribution in [0.5, 0.6) is 5.75 Å². The predicted molar refractivity (Wildman–Crippen MR) is 163 cm³/mol. The van der Waals surface area contributed by atoms with Crippen LogP contribution in [0.15, 0.2) is 51.7 Å². The second-order valence-electron chi connectivity index (χ2n) is 10.2. The Balaban J connectivity index is 1.47. The Labute approximate surface area is 249 Å². The number of aromatic nitrogens is 1. The Morgan fingerprint density at radius 2 is 1.85 bits per heavy atom. The zero-order chi connectivity index (χ0) is 29.5. The van der Waals surface area contributed by atoms with Crippen molar-refractivity contribution in [2.24, 2.45) is 0 Å². The lowest BCUT2D eigenvalue weighted by atomic mass is 10.1. The number of rotatable bonds is 9. The second kappa shape index (κ2) is 14.0. The Bertz CT molecular complexity index is 1410. The maximum absolute atomic E-state index is 13.6. The first-order chi connectivity index (χ1) is 19.7. The predicted octanol–water partition coefficient (Wildman–Crippen LogP) is 5.01. The molecule has 1 aliphatic rings. The van der Waals surface area contributed by atoms with Crippen LogP contribution in [0.3, 0.4) is 0 Å². The van der Waals surface area contributed by atoms with E-state index in [9.17, 15) is 14.4 Å². The first kappa shape index (κ1) is 30.5. The van der Waals surface area contributed by atoms with Crippen LogP contribution < -0.4 is 10.1 Å². The van der Waals surface area contributed by atoms with Crippen molar-refractivity contribution in [1.82, 2.24) is 19.7 Å². The molecule has 0 unspecified atom stereocenters. The number of thiazole rings is 1. The molecule has 218 valence electrons. The van der Waals surface area contributed by atoms with E-state index >= 15 is 0 Å². The van der Waals surface area contributed by atoms with Gasteiger partial charge < -0.3 is 19.4 Å². The molecule has 0 aliphatic carbocycles. The highest BCUT2D eigenvalue weighted by atomic mass is 32.2. The SMILES string of the molecule is CCC(=O)N1CCCN(C(=O)c2cc(Sc3cnc(NC(=O)c4cccc(CN(C)C)c4)s3)c(C)cc2OC)CC1. The van der Waals surface area contributed by atoms with E-state index < -0.39 is 0 Å². The quantitative estimate of drug-likeness (QED) is 0.372. The molecule has 41 heavy (non-hydrogen) atoms. The molecule has 3 amide bonds. The number of benzene rings is 2. The van der Waals surface area contributed by atoms with E-state index in [0.29, 0.717) is 54.6 Å². The normalized spacial score (nSPS) is 13.7. The van der Waals surface area contributed by atoms with E-state index in [1.807, 2.05) is 63.2 Å². The van der Waals surface area contributed by atoms with Gasteiger partial charge in [0.1, 0.15) is 5.75 Å². The number of nitrogens with one attached hydrogen (secondary N) is 1. The monoisotopic (exact) mass is 595 g/mol. The Morgan fingerprint density at radius 3 is 2.59 bits per heavy atom. The molecule has 0 bridgehead atoms. The van der Waals surface area contributed by atoms with E-state index in [4.69, 9.17) is 4.74 Å². The van der Waals surface area contributed by atoms with Crippen molar-refractivity contribution in [3.63, 3.8) is 0 Å². The fraction of sp³-hybridized carbons (Fsp3) is 0.400. The third-order valence-corrected chi connectivity index (χ3v) is 8.94. The van der Waals surface area contributed by atoms with E-state index in [1.165, 1.54) is 23.1 Å². The first-order valence-corrected chi connectivity index (χ1v) is 15.3. The minimum atomic E-state index is -0.207. The molecule has 1 saturated heterocycles. The topological polar surface area (TPSA) is 95.1 Å². The fourth-order valence-electron chi connectivity index (χ4n) is 4.69. The lowest BCUT2D eigenvalue weighted by Crippen LogP contribution is -2.37. The molecule has 11 heteroatoms. The second-order valence-corrected chi connectivity index (χ2v) is 12.5. The average Bonchev–Trinajstić information content (AvgIpc) is 3.24. The molecule has 0 radical (unpaired) electrons. The number of anilines is 1. The molecule has 3 aromatic rings. The van der Waals surface area contributed by atoms with Crippen LogP contribution in [-0.2, 0) is 11.3 Å². The summed E-state index contributed by atoms with van der Waals surface area (Å²) in [5.74, 6) is 0.324. The molecular weight excluding hydrogens is 558 g/mol. The van der Waals surface area contributed by atoms with Crippen molar-refractivity contribution >= 4 is 46.0 Å². The van der Waals surface area contributed by atoms with Gasteiger partial charge in [0.15, 0.2) is 5.13 Å². The largest absolute Gasteiger partial charge is 0.496 e. The van der Waals surface area contributed by atoms with Crippen molar-refractivity contribution in [1.29, 1.82) is 0 Å². The van der Waals surface area contributed by atoms with Crippen LogP contribution in [0, 0.1) is 6.92 Å². The molecule has 1 aromatic heterocycles. The highest BCUT2D eigenvalue weighted by molar-refractivity contribution is 8.01. The van der Waals surface area contributed by atoms with E-state index in [-0.39, 0.29) is 17.7 Å². The molecule has 2 aromatic carbocycles. The van der Waals surface area contributed by atoms with Crippen molar-refractivity contribution < 1.29 is 19.1 Å². The maximum atomic E-state index is 13.6. The summed E-state index contributed by atoms with van der Waals surface area (Å²) in [4.78, 5) is 49.7. The van der Waals surface area contributed by atoms with Crippen LogP contribution in [0.2, 0.25) is 0 Å². The van der Waals surface area contributed by atoms with Crippen molar-refractivity contribution in [3.8, 4) is 5.75 Å². The zero-order valence-corrected chi connectivity index (χ0v) is 25.9.